The molecule has 3 N–H and O–H groups in total. The normalized spacial score (nSPS) is 11.2. The average Bonchev–Trinajstić information content (AvgIpc) is 1.67. The van der Waals surface area contributed by atoms with E-state index < -0.39 is 0 Å². The Morgan fingerprint density at radius 2 is 2.12 bits per heavy atom. The van der Waals surface area contributed by atoms with E-state index in [1.54, 1.807) is 0 Å². The maximum atomic E-state index is 5.04. The third kappa shape index (κ3) is 3.26. The fourth-order valence-electron chi connectivity index (χ4n) is 0.189. The molecule has 0 aliphatic carbocycles. The highest BCUT2D eigenvalue weighted by Gasteiger charge is 1.99. The molecule has 0 unspecified atom stereocenters. The summed E-state index contributed by atoms with van der Waals surface area (Å²) in [4.78, 5) is 2.49. The van der Waals surface area contributed by atoms with Crippen molar-refractivity contribution >= 4 is 12.1 Å². The molecular weight excluding hydrogens is 122 g/mol. The van der Waals surface area contributed by atoms with Gasteiger partial charge in [0, 0.05) is 18.2 Å². The second-order valence-corrected chi connectivity index (χ2v) is 2.84. The van der Waals surface area contributed by atoms with Crippen LogP contribution in [0.2, 0.25) is 0 Å². The van der Waals surface area contributed by atoms with Crippen LogP contribution in [0.1, 0.15) is 13.8 Å². The molecule has 0 spiro atoms. The molecule has 8 heavy (non-hydrogen) atoms. The molecule has 0 atom stereocenters. The maximum Gasteiger partial charge on any atom is 0.0211 e. The van der Waals surface area contributed by atoms with E-state index in [9.17, 15) is 0 Å². The molecule has 0 aromatic rings. The minimum absolute atomic E-state index is 0.524. The zero-order valence-corrected chi connectivity index (χ0v) is 6.33. The van der Waals surface area contributed by atoms with Crippen LogP contribution in [-0.4, -0.2) is 17.4 Å². The number of nitrogens with zero attached hydrogens (tertiary/aromatic N) is 1. The van der Waals surface area contributed by atoms with E-state index in [2.05, 4.69) is 18.7 Å². The van der Waals surface area contributed by atoms with Crippen LogP contribution in [0.15, 0.2) is 0 Å². The Morgan fingerprint density at radius 1 is 1.62 bits per heavy atom. The monoisotopic (exact) mass is 135 g/mol. The summed E-state index contributed by atoms with van der Waals surface area (Å²) in [7, 11) is 1.98. The van der Waals surface area contributed by atoms with Crippen LogP contribution in [0.3, 0.4) is 0 Å². The minimum atomic E-state index is 0.524. The zero-order valence-electron chi connectivity index (χ0n) is 5.51. The van der Waals surface area contributed by atoms with Gasteiger partial charge in [0.25, 0.3) is 0 Å². The van der Waals surface area contributed by atoms with E-state index in [0.29, 0.717) is 6.04 Å². The van der Waals surface area contributed by atoms with Crippen LogP contribution in [0.5, 0.6) is 0 Å². The molecule has 0 rings (SSSR count). The van der Waals surface area contributed by atoms with Gasteiger partial charge in [-0.05, 0) is 20.9 Å². The first-order valence-electron chi connectivity index (χ1n) is 2.54. The molecule has 0 aromatic heterocycles. The Kier molecular flexibility index (Phi) is 4.26. The van der Waals surface area contributed by atoms with Crippen molar-refractivity contribution in [1.29, 1.82) is 0 Å². The first kappa shape index (κ1) is 8.23. The third-order valence-corrected chi connectivity index (χ3v) is 1.74. The molecule has 0 saturated heterocycles. The van der Waals surface area contributed by atoms with Gasteiger partial charge in [-0.25, -0.2) is 4.31 Å². The number of hydrazine groups is 1. The fraction of sp³-hybridized carbons (Fsp3) is 1.00. The van der Waals surface area contributed by atoms with Crippen molar-refractivity contribution in [3.8, 4) is 0 Å². The van der Waals surface area contributed by atoms with Gasteiger partial charge >= 0.3 is 0 Å². The standard InChI is InChI=1S/C4H13N3S/c1-4(2)7(3)8-6-5/h4,6H,5H2,1-3H3. The maximum absolute atomic E-state index is 5.04. The van der Waals surface area contributed by atoms with E-state index in [0.717, 1.165) is 0 Å². The van der Waals surface area contributed by atoms with Crippen LogP contribution in [-0.2, 0) is 0 Å². The smallest absolute Gasteiger partial charge is 0.0211 e. The van der Waals surface area contributed by atoms with Gasteiger partial charge in [-0.15, -0.1) is 0 Å². The number of hydrogen-bond acceptors (Lipinski definition) is 4. The summed E-state index contributed by atoms with van der Waals surface area (Å²) < 4.78 is 2.03. The lowest BCUT2D eigenvalue weighted by atomic mass is 10.4. The van der Waals surface area contributed by atoms with Crippen LogP contribution in [0.25, 0.3) is 0 Å². The average molecular weight is 135 g/mol. The molecule has 0 aliphatic heterocycles. The van der Waals surface area contributed by atoms with Gasteiger partial charge in [-0.1, -0.05) is 0 Å². The summed E-state index contributed by atoms with van der Waals surface area (Å²) >= 11 is 1.40. The number of rotatable bonds is 3. The lowest BCUT2D eigenvalue weighted by molar-refractivity contribution is 0.465. The first-order chi connectivity index (χ1) is 3.68. The molecular formula is C4H13N3S. The van der Waals surface area contributed by atoms with E-state index in [4.69, 9.17) is 5.84 Å². The lowest BCUT2D eigenvalue weighted by Crippen LogP contribution is -2.26. The Labute approximate surface area is 54.8 Å². The highest BCUT2D eigenvalue weighted by molar-refractivity contribution is 7.95. The molecule has 3 nitrogen and oxygen atoms in total. The predicted octanol–water partition coefficient (Wildman–Crippen LogP) is 0.353. The van der Waals surface area contributed by atoms with Crippen molar-refractivity contribution in [3.63, 3.8) is 0 Å². The van der Waals surface area contributed by atoms with Gasteiger partial charge < -0.3 is 0 Å². The van der Waals surface area contributed by atoms with Gasteiger partial charge in [0.05, 0.1) is 0 Å². The second-order valence-electron chi connectivity index (χ2n) is 1.85. The van der Waals surface area contributed by atoms with Gasteiger partial charge in [-0.3, -0.25) is 5.84 Å². The Hall–Kier alpha value is 0.230. The van der Waals surface area contributed by atoms with Crippen molar-refractivity contribution in [2.45, 2.75) is 19.9 Å². The Bertz CT molecular complexity index is 57.2. The summed E-state index contributed by atoms with van der Waals surface area (Å²) in [6, 6.07) is 0.524. The Balaban J connectivity index is 3.17. The molecule has 0 heterocycles. The molecule has 0 aromatic carbocycles. The summed E-state index contributed by atoms with van der Waals surface area (Å²) in [5.74, 6) is 5.04. The fourth-order valence-corrected chi connectivity index (χ4v) is 0.566. The van der Waals surface area contributed by atoms with Crippen molar-refractivity contribution < 1.29 is 0 Å². The van der Waals surface area contributed by atoms with Gasteiger partial charge in [0.15, 0.2) is 0 Å². The zero-order chi connectivity index (χ0) is 6.57. The minimum Gasteiger partial charge on any atom is -0.261 e. The molecule has 0 amide bonds. The molecule has 4 heteroatoms. The quantitative estimate of drug-likeness (QED) is 0.333. The summed E-state index contributed by atoms with van der Waals surface area (Å²) in [5.41, 5.74) is 0. The van der Waals surface area contributed by atoms with E-state index in [1.165, 1.54) is 12.1 Å². The third-order valence-electron chi connectivity index (χ3n) is 0.924. The summed E-state index contributed by atoms with van der Waals surface area (Å²) in [6.45, 7) is 4.20. The second kappa shape index (κ2) is 4.14. The number of nitrogens with one attached hydrogen (secondary N) is 1. The topological polar surface area (TPSA) is 41.3 Å². The lowest BCUT2D eigenvalue weighted by Gasteiger charge is -2.17. The van der Waals surface area contributed by atoms with Crippen LogP contribution in [0.4, 0.5) is 0 Å². The molecule has 0 aliphatic rings. The summed E-state index contributed by atoms with van der Waals surface area (Å²) in [6.07, 6.45) is 0. The van der Waals surface area contributed by atoms with E-state index >= 15 is 0 Å². The largest absolute Gasteiger partial charge is 0.261 e. The van der Waals surface area contributed by atoms with Crippen LogP contribution >= 0.6 is 12.1 Å². The van der Waals surface area contributed by atoms with Crippen LogP contribution in [0, 0.1) is 0 Å². The summed E-state index contributed by atoms with van der Waals surface area (Å²) in [5, 5.41) is 0. The van der Waals surface area contributed by atoms with Gasteiger partial charge in [0.1, 0.15) is 0 Å². The van der Waals surface area contributed by atoms with Gasteiger partial charge in [-0.2, -0.15) is 4.83 Å². The van der Waals surface area contributed by atoms with E-state index in [1.807, 2.05) is 11.4 Å². The number of hydrogen-bond donors (Lipinski definition) is 2. The highest BCUT2D eigenvalue weighted by Crippen LogP contribution is 2.03. The molecule has 0 saturated carbocycles. The van der Waals surface area contributed by atoms with Crippen molar-refractivity contribution in [2.24, 2.45) is 5.84 Å². The SMILES string of the molecule is CC(C)N(C)SNN. The van der Waals surface area contributed by atoms with Crippen molar-refractivity contribution in [2.75, 3.05) is 7.05 Å². The molecule has 50 valence electrons. The first-order valence-corrected chi connectivity index (χ1v) is 3.31. The van der Waals surface area contributed by atoms with Crippen molar-refractivity contribution in [1.82, 2.24) is 9.14 Å². The van der Waals surface area contributed by atoms with Gasteiger partial charge in [0.2, 0.25) is 0 Å². The predicted molar refractivity (Wildman–Crippen MR) is 37.8 cm³/mol. The van der Waals surface area contributed by atoms with E-state index in [-0.39, 0.29) is 0 Å². The number of nitrogens with two attached hydrogens (primary N) is 1. The molecule has 0 bridgehead atoms. The highest BCUT2D eigenvalue weighted by atomic mass is 32.2. The van der Waals surface area contributed by atoms with Crippen molar-refractivity contribution in [3.05, 3.63) is 0 Å². The van der Waals surface area contributed by atoms with Crippen LogP contribution < -0.4 is 10.7 Å². The molecule has 0 fully saturated rings. The molecule has 0 radical (unpaired) electrons. The Morgan fingerprint density at radius 3 is 2.25 bits per heavy atom.